The standard InChI is InChI=1S/C22H21F2NO2/c1-2-14-3-6-16(7-4-14)17-8-9-18(19(23)12-17)22(26)27-21-10-5-15(13-25)11-20(21)24/h5,8-12,14,16H,2-4,6-7H2,1H3. The third kappa shape index (κ3) is 4.33. The van der Waals surface area contributed by atoms with Crippen molar-refractivity contribution in [1.82, 2.24) is 0 Å². The second-order valence-corrected chi connectivity index (χ2v) is 7.01. The van der Waals surface area contributed by atoms with E-state index in [1.54, 1.807) is 12.1 Å². The lowest BCUT2D eigenvalue weighted by molar-refractivity contribution is 0.0723. The minimum absolute atomic E-state index is 0.112. The predicted octanol–water partition coefficient (Wildman–Crippen LogP) is 5.74. The lowest BCUT2D eigenvalue weighted by Crippen LogP contribution is -2.15. The Bertz CT molecular complexity index is 880. The zero-order chi connectivity index (χ0) is 19.4. The van der Waals surface area contributed by atoms with E-state index in [0.717, 1.165) is 43.2 Å². The molecular formula is C22H21F2NO2. The van der Waals surface area contributed by atoms with Crippen molar-refractivity contribution in [3.63, 3.8) is 0 Å². The number of carbonyl (C=O) groups excluding carboxylic acids is 1. The number of halogens is 2. The molecule has 0 spiro atoms. The molecule has 0 unspecified atom stereocenters. The highest BCUT2D eigenvalue weighted by Crippen LogP contribution is 2.37. The van der Waals surface area contributed by atoms with E-state index in [-0.39, 0.29) is 16.9 Å². The first-order chi connectivity index (χ1) is 13.0. The quantitative estimate of drug-likeness (QED) is 0.510. The van der Waals surface area contributed by atoms with E-state index in [4.69, 9.17) is 10.00 Å². The molecule has 1 aliphatic carbocycles. The summed E-state index contributed by atoms with van der Waals surface area (Å²) in [7, 11) is 0. The van der Waals surface area contributed by atoms with Crippen molar-refractivity contribution in [2.75, 3.05) is 0 Å². The Hall–Kier alpha value is -2.74. The number of esters is 1. The molecule has 1 aliphatic rings. The highest BCUT2D eigenvalue weighted by molar-refractivity contribution is 5.91. The van der Waals surface area contributed by atoms with E-state index in [9.17, 15) is 13.6 Å². The maximum atomic E-state index is 14.5. The van der Waals surface area contributed by atoms with Gasteiger partial charge in [0.05, 0.1) is 17.2 Å². The molecule has 2 aromatic carbocycles. The van der Waals surface area contributed by atoms with Gasteiger partial charge in [-0.3, -0.25) is 0 Å². The molecule has 0 amide bonds. The second kappa shape index (κ2) is 8.30. The Labute approximate surface area is 157 Å². The summed E-state index contributed by atoms with van der Waals surface area (Å²) in [5.41, 5.74) is 0.772. The number of nitrogens with zero attached hydrogens (tertiary/aromatic N) is 1. The molecule has 0 saturated heterocycles. The van der Waals surface area contributed by atoms with E-state index < -0.39 is 17.6 Å². The Morgan fingerprint density at radius 2 is 1.85 bits per heavy atom. The first-order valence-electron chi connectivity index (χ1n) is 9.23. The number of ether oxygens (including phenoxy) is 1. The van der Waals surface area contributed by atoms with Crippen molar-refractivity contribution in [2.45, 2.75) is 44.9 Å². The fraction of sp³-hybridized carbons (Fsp3) is 0.364. The van der Waals surface area contributed by atoms with Crippen molar-refractivity contribution < 1.29 is 18.3 Å². The average molecular weight is 369 g/mol. The Kier molecular flexibility index (Phi) is 5.85. The molecule has 2 aromatic rings. The highest BCUT2D eigenvalue weighted by Gasteiger charge is 2.23. The van der Waals surface area contributed by atoms with E-state index in [1.807, 2.05) is 0 Å². The third-order valence-electron chi connectivity index (χ3n) is 5.37. The highest BCUT2D eigenvalue weighted by atomic mass is 19.1. The van der Waals surface area contributed by atoms with E-state index in [0.29, 0.717) is 5.92 Å². The van der Waals surface area contributed by atoms with Gasteiger partial charge >= 0.3 is 5.97 Å². The van der Waals surface area contributed by atoms with Gasteiger partial charge in [-0.2, -0.15) is 5.26 Å². The number of hydrogen-bond donors (Lipinski definition) is 0. The number of rotatable bonds is 4. The van der Waals surface area contributed by atoms with E-state index in [1.165, 1.54) is 30.7 Å². The van der Waals surface area contributed by atoms with Crippen LogP contribution in [0, 0.1) is 28.9 Å². The summed E-state index contributed by atoms with van der Waals surface area (Å²) in [5, 5.41) is 8.74. The van der Waals surface area contributed by atoms with Gasteiger partial charge in [-0.05, 0) is 73.4 Å². The van der Waals surface area contributed by atoms with Gasteiger partial charge in [-0.25, -0.2) is 13.6 Å². The van der Waals surface area contributed by atoms with Crippen LogP contribution >= 0.6 is 0 Å². The van der Waals surface area contributed by atoms with Gasteiger partial charge < -0.3 is 4.74 Å². The van der Waals surface area contributed by atoms with Gasteiger partial charge in [0.25, 0.3) is 0 Å². The molecule has 1 saturated carbocycles. The molecule has 3 nitrogen and oxygen atoms in total. The van der Waals surface area contributed by atoms with Gasteiger partial charge in [0.15, 0.2) is 11.6 Å². The summed E-state index contributed by atoms with van der Waals surface area (Å²) < 4.78 is 33.3. The molecule has 0 radical (unpaired) electrons. The molecule has 0 heterocycles. The summed E-state index contributed by atoms with van der Waals surface area (Å²) >= 11 is 0. The minimum Gasteiger partial charge on any atom is -0.420 e. The maximum Gasteiger partial charge on any atom is 0.346 e. The minimum atomic E-state index is -0.961. The molecule has 0 N–H and O–H groups in total. The van der Waals surface area contributed by atoms with Crippen LogP contribution in [0.1, 0.15) is 66.4 Å². The second-order valence-electron chi connectivity index (χ2n) is 7.01. The molecular weight excluding hydrogens is 348 g/mol. The van der Waals surface area contributed by atoms with Gasteiger partial charge in [0.1, 0.15) is 5.82 Å². The Morgan fingerprint density at radius 1 is 1.11 bits per heavy atom. The van der Waals surface area contributed by atoms with Crippen LogP contribution in [-0.4, -0.2) is 5.97 Å². The summed E-state index contributed by atoms with van der Waals surface area (Å²) in [4.78, 5) is 12.2. The van der Waals surface area contributed by atoms with Crippen LogP contribution < -0.4 is 4.74 Å². The van der Waals surface area contributed by atoms with Gasteiger partial charge in [-0.1, -0.05) is 19.4 Å². The summed E-state index contributed by atoms with van der Waals surface area (Å²) in [6, 6.07) is 9.83. The number of nitriles is 1. The number of carbonyl (C=O) groups is 1. The van der Waals surface area contributed by atoms with Crippen LogP contribution in [-0.2, 0) is 0 Å². The topological polar surface area (TPSA) is 50.1 Å². The molecule has 0 aliphatic heterocycles. The van der Waals surface area contributed by atoms with Gasteiger partial charge in [0, 0.05) is 0 Å². The summed E-state index contributed by atoms with van der Waals surface area (Å²) in [5.74, 6) is -1.74. The van der Waals surface area contributed by atoms with Crippen molar-refractivity contribution in [3.8, 4) is 11.8 Å². The first-order valence-corrected chi connectivity index (χ1v) is 9.23. The molecule has 1 fully saturated rings. The molecule has 0 bridgehead atoms. The molecule has 140 valence electrons. The largest absolute Gasteiger partial charge is 0.420 e. The fourth-order valence-corrected chi connectivity index (χ4v) is 3.66. The zero-order valence-electron chi connectivity index (χ0n) is 15.2. The first kappa shape index (κ1) is 19.0. The maximum absolute atomic E-state index is 14.5. The fourth-order valence-electron chi connectivity index (χ4n) is 3.66. The SMILES string of the molecule is CCC1CCC(c2ccc(C(=O)Oc3ccc(C#N)cc3F)c(F)c2)CC1. The van der Waals surface area contributed by atoms with Crippen LogP contribution in [0.5, 0.6) is 5.75 Å². The lowest BCUT2D eigenvalue weighted by Gasteiger charge is -2.28. The predicted molar refractivity (Wildman–Crippen MR) is 97.5 cm³/mol. The van der Waals surface area contributed by atoms with E-state index in [2.05, 4.69) is 6.92 Å². The normalized spacial score (nSPS) is 19.3. The van der Waals surface area contributed by atoms with Gasteiger partial charge in [0.2, 0.25) is 0 Å². The number of benzene rings is 2. The zero-order valence-corrected chi connectivity index (χ0v) is 15.2. The average Bonchev–Trinajstić information content (AvgIpc) is 2.69. The molecule has 5 heteroatoms. The van der Waals surface area contributed by atoms with Crippen molar-refractivity contribution >= 4 is 5.97 Å². The molecule has 3 rings (SSSR count). The number of hydrogen-bond acceptors (Lipinski definition) is 3. The molecule has 0 atom stereocenters. The van der Waals surface area contributed by atoms with E-state index >= 15 is 0 Å². The summed E-state index contributed by atoms with van der Waals surface area (Å²) in [6.07, 6.45) is 5.52. The Balaban J connectivity index is 1.72. The summed E-state index contributed by atoms with van der Waals surface area (Å²) in [6.45, 7) is 2.20. The monoisotopic (exact) mass is 369 g/mol. The lowest BCUT2D eigenvalue weighted by atomic mass is 9.78. The molecule has 27 heavy (non-hydrogen) atoms. The van der Waals surface area contributed by atoms with Crippen LogP contribution in [0.25, 0.3) is 0 Å². The van der Waals surface area contributed by atoms with Crippen molar-refractivity contribution in [2.24, 2.45) is 5.92 Å². The van der Waals surface area contributed by atoms with Crippen LogP contribution in [0.4, 0.5) is 8.78 Å². The molecule has 0 aromatic heterocycles. The third-order valence-corrected chi connectivity index (χ3v) is 5.37. The van der Waals surface area contributed by atoms with Crippen molar-refractivity contribution in [3.05, 3.63) is 64.7 Å². The van der Waals surface area contributed by atoms with Crippen molar-refractivity contribution in [1.29, 1.82) is 5.26 Å². The Morgan fingerprint density at radius 3 is 2.44 bits per heavy atom. The van der Waals surface area contributed by atoms with Crippen LogP contribution in [0.2, 0.25) is 0 Å². The van der Waals surface area contributed by atoms with Crippen LogP contribution in [0.3, 0.4) is 0 Å². The van der Waals surface area contributed by atoms with Crippen LogP contribution in [0.15, 0.2) is 36.4 Å². The smallest absolute Gasteiger partial charge is 0.346 e. The van der Waals surface area contributed by atoms with Gasteiger partial charge in [-0.15, -0.1) is 0 Å².